The lowest BCUT2D eigenvalue weighted by molar-refractivity contribution is -0.192. The normalized spacial score (nSPS) is 11.8. The molecule has 1 unspecified atom stereocenters. The van der Waals surface area contributed by atoms with Crippen molar-refractivity contribution in [3.8, 4) is 23.4 Å². The van der Waals surface area contributed by atoms with Crippen LogP contribution in [0.5, 0.6) is 0 Å². The minimum Gasteiger partial charge on any atom is -0.475 e. The maximum atomic E-state index is 10.6. The van der Waals surface area contributed by atoms with Gasteiger partial charge in [0.25, 0.3) is 0 Å². The van der Waals surface area contributed by atoms with Crippen molar-refractivity contribution in [3.05, 3.63) is 54.6 Å². The minimum absolute atomic E-state index is 0.169. The SMILES string of the molecule is N#CCC(c1cc(C#N)co1)n1cc(-c2ncnc3[nH]ccc23)cn1.O=C(O)C(F)(F)F. The summed E-state index contributed by atoms with van der Waals surface area (Å²) in [6, 6.07) is 7.26. The molecule has 1 atom stereocenters. The van der Waals surface area contributed by atoms with Gasteiger partial charge in [0.05, 0.1) is 29.9 Å². The van der Waals surface area contributed by atoms with Crippen LogP contribution < -0.4 is 0 Å². The van der Waals surface area contributed by atoms with Crippen LogP contribution in [0, 0.1) is 22.7 Å². The Labute approximate surface area is 177 Å². The number of furan rings is 1. The van der Waals surface area contributed by atoms with E-state index in [1.807, 2.05) is 18.3 Å². The Morgan fingerprint density at radius 3 is 2.72 bits per heavy atom. The van der Waals surface area contributed by atoms with Crippen molar-refractivity contribution in [2.75, 3.05) is 0 Å². The van der Waals surface area contributed by atoms with Crippen LogP contribution in [0.1, 0.15) is 23.8 Å². The van der Waals surface area contributed by atoms with Gasteiger partial charge in [0.15, 0.2) is 0 Å². The fourth-order valence-corrected chi connectivity index (χ4v) is 2.73. The van der Waals surface area contributed by atoms with E-state index in [0.29, 0.717) is 11.3 Å². The van der Waals surface area contributed by atoms with E-state index in [-0.39, 0.29) is 6.42 Å². The van der Waals surface area contributed by atoms with Crippen LogP contribution in [0.25, 0.3) is 22.3 Å². The Kier molecular flexibility index (Phi) is 6.21. The maximum absolute atomic E-state index is 10.6. The zero-order valence-corrected chi connectivity index (χ0v) is 15.9. The average Bonchev–Trinajstić information content (AvgIpc) is 3.52. The number of carbonyl (C=O) groups is 1. The number of alkyl halides is 3. The molecule has 162 valence electrons. The number of fused-ring (bicyclic) bond motifs is 1. The third-order valence-corrected chi connectivity index (χ3v) is 4.15. The van der Waals surface area contributed by atoms with Crippen LogP contribution >= 0.6 is 0 Å². The zero-order valence-electron chi connectivity index (χ0n) is 15.9. The largest absolute Gasteiger partial charge is 0.490 e. The molecule has 0 aliphatic rings. The Bertz CT molecular complexity index is 1320. The quantitative estimate of drug-likeness (QED) is 0.486. The van der Waals surface area contributed by atoms with Crippen molar-refractivity contribution >= 4 is 17.0 Å². The molecule has 4 rings (SSSR count). The number of aliphatic carboxylic acids is 1. The molecule has 32 heavy (non-hydrogen) atoms. The number of nitrogens with one attached hydrogen (secondary N) is 1. The molecule has 13 heteroatoms. The molecule has 0 aliphatic heterocycles. The number of hydrogen-bond donors (Lipinski definition) is 2. The molecule has 0 aliphatic carbocycles. The molecule has 0 radical (unpaired) electrons. The molecule has 4 aromatic rings. The van der Waals surface area contributed by atoms with Crippen LogP contribution in [-0.4, -0.2) is 42.0 Å². The van der Waals surface area contributed by atoms with E-state index in [1.54, 1.807) is 23.1 Å². The molecule has 0 saturated carbocycles. The number of halogens is 3. The number of aromatic nitrogens is 5. The van der Waals surface area contributed by atoms with Gasteiger partial charge in [-0.1, -0.05) is 0 Å². The molecule has 0 saturated heterocycles. The van der Waals surface area contributed by atoms with E-state index < -0.39 is 18.2 Å². The van der Waals surface area contributed by atoms with Gasteiger partial charge in [-0.05, 0) is 12.1 Å². The van der Waals surface area contributed by atoms with Gasteiger partial charge in [-0.25, -0.2) is 14.8 Å². The fourth-order valence-electron chi connectivity index (χ4n) is 2.73. The smallest absolute Gasteiger partial charge is 0.475 e. The van der Waals surface area contributed by atoms with Gasteiger partial charge in [0.1, 0.15) is 36.1 Å². The van der Waals surface area contributed by atoms with Gasteiger partial charge in [-0.2, -0.15) is 28.8 Å². The van der Waals surface area contributed by atoms with Gasteiger partial charge in [0.2, 0.25) is 0 Å². The van der Waals surface area contributed by atoms with E-state index in [1.165, 1.54) is 12.6 Å². The highest BCUT2D eigenvalue weighted by atomic mass is 19.4. The van der Waals surface area contributed by atoms with Crippen LogP contribution in [0.15, 0.2) is 47.7 Å². The van der Waals surface area contributed by atoms with Gasteiger partial charge < -0.3 is 14.5 Å². The number of rotatable bonds is 4. The number of nitrogens with zero attached hydrogens (tertiary/aromatic N) is 6. The van der Waals surface area contributed by atoms with Gasteiger partial charge in [-0.15, -0.1) is 0 Å². The summed E-state index contributed by atoms with van der Waals surface area (Å²) in [5.41, 5.74) is 2.72. The predicted octanol–water partition coefficient (Wildman–Crippen LogP) is 3.42. The van der Waals surface area contributed by atoms with Crippen LogP contribution in [0.3, 0.4) is 0 Å². The van der Waals surface area contributed by atoms with Gasteiger partial charge in [0, 0.05) is 23.3 Å². The van der Waals surface area contributed by atoms with Crippen LogP contribution in [0.4, 0.5) is 13.2 Å². The number of carboxylic acids is 1. The lowest BCUT2D eigenvalue weighted by atomic mass is 10.1. The lowest BCUT2D eigenvalue weighted by Gasteiger charge is -2.11. The summed E-state index contributed by atoms with van der Waals surface area (Å²) in [5, 5.41) is 30.5. The molecule has 0 fully saturated rings. The lowest BCUT2D eigenvalue weighted by Crippen LogP contribution is -2.21. The van der Waals surface area contributed by atoms with Crippen molar-refractivity contribution in [3.63, 3.8) is 0 Å². The third kappa shape index (κ3) is 4.73. The summed E-state index contributed by atoms with van der Waals surface area (Å²) in [7, 11) is 0. The monoisotopic (exact) mass is 443 g/mol. The van der Waals surface area contributed by atoms with Crippen LogP contribution in [0.2, 0.25) is 0 Å². The molecule has 4 heterocycles. The van der Waals surface area contributed by atoms with Crippen molar-refractivity contribution in [2.45, 2.75) is 18.6 Å². The third-order valence-electron chi connectivity index (χ3n) is 4.15. The first-order valence-electron chi connectivity index (χ1n) is 8.72. The number of H-pyrrole nitrogens is 1. The highest BCUT2D eigenvalue weighted by Crippen LogP contribution is 2.28. The maximum Gasteiger partial charge on any atom is 0.490 e. The Morgan fingerprint density at radius 1 is 1.34 bits per heavy atom. The van der Waals surface area contributed by atoms with Crippen molar-refractivity contribution in [1.82, 2.24) is 24.7 Å². The second-order valence-electron chi connectivity index (χ2n) is 6.20. The second-order valence-corrected chi connectivity index (χ2v) is 6.20. The molecular formula is C19H12F3N7O3. The Hall–Kier alpha value is -4.65. The number of nitriles is 2. The van der Waals surface area contributed by atoms with E-state index in [0.717, 1.165) is 22.3 Å². The number of aromatic amines is 1. The average molecular weight is 443 g/mol. The minimum atomic E-state index is -5.08. The summed E-state index contributed by atoms with van der Waals surface area (Å²) >= 11 is 0. The van der Waals surface area contributed by atoms with E-state index in [9.17, 15) is 13.2 Å². The first kappa shape index (κ1) is 22.0. The topological polar surface area (TPSA) is 157 Å². The molecule has 0 amide bonds. The summed E-state index contributed by atoms with van der Waals surface area (Å²) in [5.74, 6) is -2.24. The molecule has 10 nitrogen and oxygen atoms in total. The van der Waals surface area contributed by atoms with Crippen molar-refractivity contribution in [2.24, 2.45) is 0 Å². The molecule has 0 aromatic carbocycles. The number of hydrogen-bond acceptors (Lipinski definition) is 7. The first-order valence-corrected chi connectivity index (χ1v) is 8.72. The van der Waals surface area contributed by atoms with Gasteiger partial charge in [-0.3, -0.25) is 4.68 Å². The van der Waals surface area contributed by atoms with Crippen molar-refractivity contribution in [1.29, 1.82) is 10.5 Å². The first-order chi connectivity index (χ1) is 15.2. The zero-order chi connectivity index (χ0) is 23.3. The standard InChI is InChI=1S/C17H11N7O.C2HF3O2/c18-3-1-14(15-5-11(6-19)9-25-15)24-8-12(7-23-24)16-13-2-4-20-17(13)22-10-21-16;3-2(4,5)1(6)7/h2,4-5,7-10,14H,1H2,(H,20,21,22);(H,6,7). The summed E-state index contributed by atoms with van der Waals surface area (Å²) in [4.78, 5) is 20.5. The van der Waals surface area contributed by atoms with Gasteiger partial charge >= 0.3 is 12.1 Å². The van der Waals surface area contributed by atoms with Crippen LogP contribution in [-0.2, 0) is 4.79 Å². The summed E-state index contributed by atoms with van der Waals surface area (Å²) < 4.78 is 38.8. The Balaban J connectivity index is 0.000000360. The highest BCUT2D eigenvalue weighted by molar-refractivity contribution is 5.89. The molecule has 4 aromatic heterocycles. The number of carboxylic acid groups (broad SMARTS) is 1. The summed E-state index contributed by atoms with van der Waals surface area (Å²) in [6.07, 6.45) is 3.25. The molecule has 0 spiro atoms. The van der Waals surface area contributed by atoms with Crippen molar-refractivity contribution < 1.29 is 27.5 Å². The Morgan fingerprint density at radius 2 is 2.09 bits per heavy atom. The van der Waals surface area contributed by atoms with E-state index in [4.69, 9.17) is 24.8 Å². The molecule has 0 bridgehead atoms. The van der Waals surface area contributed by atoms with E-state index in [2.05, 4.69) is 26.1 Å². The second kappa shape index (κ2) is 9.01. The molecular weight excluding hydrogens is 431 g/mol. The predicted molar refractivity (Wildman–Crippen MR) is 101 cm³/mol. The van der Waals surface area contributed by atoms with E-state index >= 15 is 0 Å². The fraction of sp³-hybridized carbons (Fsp3) is 0.158. The highest BCUT2D eigenvalue weighted by Gasteiger charge is 2.38. The summed E-state index contributed by atoms with van der Waals surface area (Å²) in [6.45, 7) is 0. The molecule has 2 N–H and O–H groups in total.